The number of anilines is 2. The standard InChI is InChI=1S/C14H18FN5O/c1-5-16-12-17-13(20(3)4)19-14(18-12)21-10-8-6-7-9(2)11(10)15/h6-8H,5H2,1-4H3,(H,16,17,18,19). The molecule has 6 nitrogen and oxygen atoms in total. The van der Waals surface area contributed by atoms with E-state index in [2.05, 4.69) is 20.3 Å². The van der Waals surface area contributed by atoms with Crippen molar-refractivity contribution in [1.29, 1.82) is 0 Å². The maximum absolute atomic E-state index is 14.0. The molecule has 0 aliphatic rings. The van der Waals surface area contributed by atoms with E-state index in [1.807, 2.05) is 21.0 Å². The van der Waals surface area contributed by atoms with Gasteiger partial charge in [0.05, 0.1) is 0 Å². The van der Waals surface area contributed by atoms with Crippen LogP contribution in [0.1, 0.15) is 12.5 Å². The number of aromatic nitrogens is 3. The van der Waals surface area contributed by atoms with Gasteiger partial charge in [-0.2, -0.15) is 15.0 Å². The SMILES string of the molecule is CCNc1nc(Oc2cccc(C)c2F)nc(N(C)C)n1. The molecule has 2 aromatic rings. The van der Waals surface area contributed by atoms with E-state index in [1.54, 1.807) is 24.0 Å². The van der Waals surface area contributed by atoms with Gasteiger partial charge in [0, 0.05) is 20.6 Å². The molecule has 1 N–H and O–H groups in total. The van der Waals surface area contributed by atoms with Crippen LogP contribution in [0.2, 0.25) is 0 Å². The highest BCUT2D eigenvalue weighted by atomic mass is 19.1. The third-order valence-electron chi connectivity index (χ3n) is 2.70. The van der Waals surface area contributed by atoms with Gasteiger partial charge in [0.1, 0.15) is 0 Å². The molecule has 0 saturated heterocycles. The number of nitrogens with one attached hydrogen (secondary N) is 1. The van der Waals surface area contributed by atoms with Crippen molar-refractivity contribution < 1.29 is 9.13 Å². The predicted molar refractivity (Wildman–Crippen MR) is 79.5 cm³/mol. The number of nitrogens with zero attached hydrogens (tertiary/aromatic N) is 4. The molecule has 0 aliphatic carbocycles. The molecule has 0 unspecified atom stereocenters. The van der Waals surface area contributed by atoms with Gasteiger partial charge < -0.3 is 15.0 Å². The van der Waals surface area contributed by atoms with Crippen LogP contribution in [0, 0.1) is 12.7 Å². The molecule has 7 heteroatoms. The first-order valence-electron chi connectivity index (χ1n) is 6.61. The molecule has 0 aliphatic heterocycles. The Morgan fingerprint density at radius 3 is 2.67 bits per heavy atom. The van der Waals surface area contributed by atoms with E-state index < -0.39 is 5.82 Å². The van der Waals surface area contributed by atoms with Crippen molar-refractivity contribution in [3.63, 3.8) is 0 Å². The fraction of sp³-hybridized carbons (Fsp3) is 0.357. The molecule has 0 fully saturated rings. The van der Waals surface area contributed by atoms with Gasteiger partial charge in [-0.1, -0.05) is 12.1 Å². The zero-order valence-electron chi connectivity index (χ0n) is 12.5. The Hall–Kier alpha value is -2.44. The number of hydrogen-bond donors (Lipinski definition) is 1. The van der Waals surface area contributed by atoms with E-state index >= 15 is 0 Å². The van der Waals surface area contributed by atoms with Crippen LogP contribution in [0.4, 0.5) is 16.3 Å². The number of ether oxygens (including phenoxy) is 1. The molecular weight excluding hydrogens is 273 g/mol. The van der Waals surface area contributed by atoms with E-state index in [4.69, 9.17) is 4.74 Å². The first kappa shape index (κ1) is 15.0. The Morgan fingerprint density at radius 2 is 2.00 bits per heavy atom. The van der Waals surface area contributed by atoms with Gasteiger partial charge in [0.2, 0.25) is 11.9 Å². The Morgan fingerprint density at radius 1 is 1.24 bits per heavy atom. The summed E-state index contributed by atoms with van der Waals surface area (Å²) < 4.78 is 19.4. The summed E-state index contributed by atoms with van der Waals surface area (Å²) in [7, 11) is 3.62. The number of hydrogen-bond acceptors (Lipinski definition) is 6. The Balaban J connectivity index is 2.36. The predicted octanol–water partition coefficient (Wildman–Crippen LogP) is 2.61. The molecule has 21 heavy (non-hydrogen) atoms. The monoisotopic (exact) mass is 291 g/mol. The van der Waals surface area contributed by atoms with Crippen LogP contribution < -0.4 is 15.0 Å². The molecule has 112 valence electrons. The third kappa shape index (κ3) is 3.56. The maximum atomic E-state index is 14.0. The van der Waals surface area contributed by atoms with Gasteiger partial charge in [-0.15, -0.1) is 0 Å². The van der Waals surface area contributed by atoms with Crippen LogP contribution in [-0.2, 0) is 0 Å². The van der Waals surface area contributed by atoms with Crippen molar-refractivity contribution in [3.05, 3.63) is 29.6 Å². The average Bonchev–Trinajstić information content (AvgIpc) is 2.44. The van der Waals surface area contributed by atoms with Crippen molar-refractivity contribution in [2.45, 2.75) is 13.8 Å². The summed E-state index contributed by atoms with van der Waals surface area (Å²) in [6.07, 6.45) is 0. The van der Waals surface area contributed by atoms with E-state index in [-0.39, 0.29) is 11.8 Å². The quantitative estimate of drug-likeness (QED) is 0.913. The van der Waals surface area contributed by atoms with Crippen LogP contribution in [-0.4, -0.2) is 35.6 Å². The van der Waals surface area contributed by atoms with E-state index in [1.165, 1.54) is 6.07 Å². The summed E-state index contributed by atoms with van der Waals surface area (Å²) >= 11 is 0. The molecule has 0 saturated carbocycles. The molecule has 1 aromatic heterocycles. The lowest BCUT2D eigenvalue weighted by atomic mass is 10.2. The van der Waals surface area contributed by atoms with Crippen molar-refractivity contribution in [2.24, 2.45) is 0 Å². The highest BCUT2D eigenvalue weighted by Gasteiger charge is 2.12. The van der Waals surface area contributed by atoms with Gasteiger partial charge in [-0.3, -0.25) is 0 Å². The van der Waals surface area contributed by atoms with Crippen molar-refractivity contribution in [2.75, 3.05) is 30.9 Å². The smallest absolute Gasteiger partial charge is 0.328 e. The largest absolute Gasteiger partial charge is 0.421 e. The normalized spacial score (nSPS) is 10.3. The van der Waals surface area contributed by atoms with Crippen molar-refractivity contribution in [1.82, 2.24) is 15.0 Å². The molecule has 0 amide bonds. The van der Waals surface area contributed by atoms with Gasteiger partial charge in [-0.05, 0) is 25.5 Å². The summed E-state index contributed by atoms with van der Waals surface area (Å²) in [6, 6.07) is 4.97. The molecule has 0 atom stereocenters. The second-order valence-electron chi connectivity index (χ2n) is 4.66. The lowest BCUT2D eigenvalue weighted by Crippen LogP contribution is -2.15. The summed E-state index contributed by atoms with van der Waals surface area (Å²) in [4.78, 5) is 14.2. The molecule has 0 radical (unpaired) electrons. The zero-order chi connectivity index (χ0) is 15.4. The Kier molecular flexibility index (Phi) is 4.52. The molecule has 0 spiro atoms. The summed E-state index contributed by atoms with van der Waals surface area (Å²) in [5.74, 6) is 0.492. The zero-order valence-corrected chi connectivity index (χ0v) is 12.5. The number of benzene rings is 1. The van der Waals surface area contributed by atoms with Crippen LogP contribution in [0.3, 0.4) is 0 Å². The van der Waals surface area contributed by atoms with Crippen LogP contribution in [0.5, 0.6) is 11.8 Å². The minimum absolute atomic E-state index is 0.0501. The molecule has 0 bridgehead atoms. The van der Waals surface area contributed by atoms with Crippen LogP contribution in [0.25, 0.3) is 0 Å². The van der Waals surface area contributed by atoms with Crippen molar-refractivity contribution in [3.8, 4) is 11.8 Å². The van der Waals surface area contributed by atoms with E-state index in [0.717, 1.165) is 0 Å². The topological polar surface area (TPSA) is 63.2 Å². The van der Waals surface area contributed by atoms with Gasteiger partial charge in [0.15, 0.2) is 11.6 Å². The summed E-state index contributed by atoms with van der Waals surface area (Å²) in [5.41, 5.74) is 0.501. The fourth-order valence-electron chi connectivity index (χ4n) is 1.63. The summed E-state index contributed by atoms with van der Waals surface area (Å²) in [6.45, 7) is 4.26. The lowest BCUT2D eigenvalue weighted by molar-refractivity contribution is 0.408. The third-order valence-corrected chi connectivity index (χ3v) is 2.70. The van der Waals surface area contributed by atoms with Gasteiger partial charge in [0.25, 0.3) is 0 Å². The number of rotatable bonds is 5. The minimum Gasteiger partial charge on any atom is -0.421 e. The number of halogens is 1. The minimum atomic E-state index is -0.422. The second-order valence-corrected chi connectivity index (χ2v) is 4.66. The van der Waals surface area contributed by atoms with Gasteiger partial charge in [-0.25, -0.2) is 4.39 Å². The first-order chi connectivity index (χ1) is 10.0. The van der Waals surface area contributed by atoms with E-state index in [0.29, 0.717) is 24.0 Å². The first-order valence-corrected chi connectivity index (χ1v) is 6.61. The highest BCUT2D eigenvalue weighted by Crippen LogP contribution is 2.25. The van der Waals surface area contributed by atoms with E-state index in [9.17, 15) is 4.39 Å². The highest BCUT2D eigenvalue weighted by molar-refractivity contribution is 5.38. The Bertz CT molecular complexity index is 633. The molecule has 2 rings (SSSR count). The lowest BCUT2D eigenvalue weighted by Gasteiger charge is -2.13. The second kappa shape index (κ2) is 6.34. The Labute approximate surface area is 123 Å². The van der Waals surface area contributed by atoms with Gasteiger partial charge >= 0.3 is 6.01 Å². The molecular formula is C14H18FN5O. The fourth-order valence-corrected chi connectivity index (χ4v) is 1.63. The van der Waals surface area contributed by atoms with Crippen molar-refractivity contribution >= 4 is 11.9 Å². The van der Waals surface area contributed by atoms with Crippen LogP contribution >= 0.6 is 0 Å². The molecule has 1 heterocycles. The maximum Gasteiger partial charge on any atom is 0.328 e. The van der Waals surface area contributed by atoms with Crippen LogP contribution in [0.15, 0.2) is 18.2 Å². The summed E-state index contributed by atoms with van der Waals surface area (Å²) in [5, 5.41) is 2.99. The molecule has 1 aromatic carbocycles. The average molecular weight is 291 g/mol. The number of aryl methyl sites for hydroxylation is 1.